The Morgan fingerprint density at radius 2 is 2.24 bits per heavy atom. The number of aliphatic hydroxyl groups is 1. The molecular formula is C11H18N2O3S. The maximum atomic E-state index is 11.9. The molecule has 0 spiro atoms. The average Bonchev–Trinajstić information content (AvgIpc) is 2.59. The summed E-state index contributed by atoms with van der Waals surface area (Å²) in [5.41, 5.74) is 0.580. The number of aryl methyl sites for hydroxylation is 2. The Kier molecular flexibility index (Phi) is 5.02. The molecule has 2 N–H and O–H groups in total. The van der Waals surface area contributed by atoms with Gasteiger partial charge in [-0.2, -0.15) is 11.8 Å². The maximum Gasteiger partial charge on any atom is 0.289 e. The van der Waals surface area contributed by atoms with Crippen LogP contribution < -0.4 is 5.32 Å². The van der Waals surface area contributed by atoms with E-state index >= 15 is 0 Å². The monoisotopic (exact) mass is 258 g/mol. The van der Waals surface area contributed by atoms with Crippen LogP contribution in [0.5, 0.6) is 0 Å². The number of aromatic nitrogens is 1. The zero-order chi connectivity index (χ0) is 13.0. The fraction of sp³-hybridized carbons (Fsp3) is 0.636. The molecule has 0 aliphatic rings. The van der Waals surface area contributed by atoms with E-state index in [0.717, 1.165) is 0 Å². The van der Waals surface area contributed by atoms with Crippen molar-refractivity contribution in [3.05, 3.63) is 17.3 Å². The highest BCUT2D eigenvalue weighted by Crippen LogP contribution is 2.13. The van der Waals surface area contributed by atoms with Gasteiger partial charge in [-0.1, -0.05) is 0 Å². The molecule has 0 radical (unpaired) electrons. The van der Waals surface area contributed by atoms with Crippen molar-refractivity contribution in [3.8, 4) is 0 Å². The molecule has 17 heavy (non-hydrogen) atoms. The third-order valence-corrected chi connectivity index (χ3v) is 3.67. The van der Waals surface area contributed by atoms with E-state index in [-0.39, 0.29) is 29.6 Å². The first-order chi connectivity index (χ1) is 7.99. The molecule has 0 aliphatic heterocycles. The summed E-state index contributed by atoms with van der Waals surface area (Å²) in [4.78, 5) is 15.9. The summed E-state index contributed by atoms with van der Waals surface area (Å²) in [5, 5.41) is 11.9. The molecule has 1 aromatic heterocycles. The highest BCUT2D eigenvalue weighted by molar-refractivity contribution is 7.99. The topological polar surface area (TPSA) is 75.4 Å². The smallest absolute Gasteiger partial charge is 0.289 e. The third kappa shape index (κ3) is 3.47. The normalized spacial score (nSPS) is 14.4. The summed E-state index contributed by atoms with van der Waals surface area (Å²) in [6, 6.07) is -0.132. The summed E-state index contributed by atoms with van der Waals surface area (Å²) in [6.45, 7) is 5.31. The molecular weight excluding hydrogens is 240 g/mol. The van der Waals surface area contributed by atoms with Crippen molar-refractivity contribution in [2.45, 2.75) is 32.1 Å². The van der Waals surface area contributed by atoms with E-state index in [1.54, 1.807) is 13.8 Å². The number of oxazole rings is 1. The first-order valence-electron chi connectivity index (χ1n) is 5.38. The highest BCUT2D eigenvalue weighted by atomic mass is 32.2. The average molecular weight is 258 g/mol. The Balaban J connectivity index is 2.69. The quantitative estimate of drug-likeness (QED) is 0.828. The van der Waals surface area contributed by atoms with E-state index in [1.807, 2.05) is 13.2 Å². The standard InChI is InChI=1S/C11H18N2O3S/c1-6(9(5-14)17-4)13-11(15)10-7(2)12-8(3)16-10/h6,9,14H,5H2,1-4H3,(H,13,15)/t6-,9+/m0/s1. The Morgan fingerprint density at radius 3 is 2.65 bits per heavy atom. The van der Waals surface area contributed by atoms with Crippen molar-refractivity contribution in [1.29, 1.82) is 0 Å². The van der Waals surface area contributed by atoms with E-state index in [1.165, 1.54) is 11.8 Å². The highest BCUT2D eigenvalue weighted by Gasteiger charge is 2.21. The number of thioether (sulfide) groups is 1. The molecule has 0 bridgehead atoms. The summed E-state index contributed by atoms with van der Waals surface area (Å²) >= 11 is 1.51. The van der Waals surface area contributed by atoms with Gasteiger partial charge in [0.1, 0.15) is 0 Å². The molecule has 1 amide bonds. The second kappa shape index (κ2) is 6.07. The van der Waals surface area contributed by atoms with Crippen LogP contribution in [-0.4, -0.2) is 40.2 Å². The Bertz CT molecular complexity index is 388. The molecule has 1 aromatic rings. The van der Waals surface area contributed by atoms with Gasteiger partial charge in [0.2, 0.25) is 5.76 Å². The lowest BCUT2D eigenvalue weighted by molar-refractivity contribution is 0.0905. The van der Waals surface area contributed by atoms with Gasteiger partial charge in [-0.05, 0) is 20.1 Å². The minimum Gasteiger partial charge on any atom is -0.436 e. The number of hydrogen-bond acceptors (Lipinski definition) is 5. The largest absolute Gasteiger partial charge is 0.436 e. The molecule has 1 rings (SSSR count). The van der Waals surface area contributed by atoms with Crippen molar-refractivity contribution in [1.82, 2.24) is 10.3 Å². The van der Waals surface area contributed by atoms with Crippen molar-refractivity contribution in [3.63, 3.8) is 0 Å². The number of aliphatic hydroxyl groups excluding tert-OH is 1. The van der Waals surface area contributed by atoms with Gasteiger partial charge in [0.05, 0.1) is 12.3 Å². The number of hydrogen-bond donors (Lipinski definition) is 2. The Hall–Kier alpha value is -1.01. The number of nitrogens with zero attached hydrogens (tertiary/aromatic N) is 1. The molecule has 6 heteroatoms. The Labute approximate surface area is 105 Å². The summed E-state index contributed by atoms with van der Waals surface area (Å²) < 4.78 is 5.23. The lowest BCUT2D eigenvalue weighted by Crippen LogP contribution is -2.41. The molecule has 0 saturated carbocycles. The van der Waals surface area contributed by atoms with Gasteiger partial charge in [-0.25, -0.2) is 4.98 Å². The Morgan fingerprint density at radius 1 is 1.59 bits per heavy atom. The predicted molar refractivity (Wildman–Crippen MR) is 67.3 cm³/mol. The minimum absolute atomic E-state index is 0.0247. The number of amides is 1. The van der Waals surface area contributed by atoms with Crippen molar-refractivity contribution >= 4 is 17.7 Å². The van der Waals surface area contributed by atoms with E-state index in [4.69, 9.17) is 9.52 Å². The van der Waals surface area contributed by atoms with E-state index in [0.29, 0.717) is 11.6 Å². The molecule has 1 heterocycles. The molecule has 0 fully saturated rings. The van der Waals surface area contributed by atoms with Gasteiger partial charge in [0.15, 0.2) is 5.89 Å². The van der Waals surface area contributed by atoms with Gasteiger partial charge in [0, 0.05) is 18.2 Å². The SMILES string of the molecule is CS[C@H](CO)[C@H](C)NC(=O)c1oc(C)nc1C. The molecule has 0 saturated heterocycles. The molecule has 0 aromatic carbocycles. The second-order valence-electron chi connectivity index (χ2n) is 3.87. The molecule has 0 aliphatic carbocycles. The van der Waals surface area contributed by atoms with Crippen LogP contribution in [-0.2, 0) is 0 Å². The van der Waals surface area contributed by atoms with Crippen LogP contribution in [0.25, 0.3) is 0 Å². The lowest BCUT2D eigenvalue weighted by atomic mass is 10.2. The molecule has 0 unspecified atom stereocenters. The van der Waals surface area contributed by atoms with Gasteiger partial charge in [0.25, 0.3) is 5.91 Å². The van der Waals surface area contributed by atoms with Crippen LogP contribution >= 0.6 is 11.8 Å². The minimum atomic E-state index is -0.289. The van der Waals surface area contributed by atoms with Gasteiger partial charge >= 0.3 is 0 Å². The van der Waals surface area contributed by atoms with Gasteiger partial charge in [-0.3, -0.25) is 4.79 Å². The second-order valence-corrected chi connectivity index (χ2v) is 4.94. The van der Waals surface area contributed by atoms with Crippen LogP contribution in [0.4, 0.5) is 0 Å². The number of rotatable bonds is 5. The number of carbonyl (C=O) groups excluding carboxylic acids is 1. The zero-order valence-electron chi connectivity index (χ0n) is 10.5. The summed E-state index contributed by atoms with van der Waals surface area (Å²) in [6.07, 6.45) is 1.90. The van der Waals surface area contributed by atoms with Gasteiger partial charge in [-0.15, -0.1) is 0 Å². The van der Waals surface area contributed by atoms with E-state index in [9.17, 15) is 4.79 Å². The van der Waals surface area contributed by atoms with E-state index < -0.39 is 0 Å². The van der Waals surface area contributed by atoms with Crippen molar-refractivity contribution in [2.24, 2.45) is 0 Å². The predicted octanol–water partition coefficient (Wildman–Crippen LogP) is 1.13. The fourth-order valence-electron chi connectivity index (χ4n) is 1.54. The molecule has 5 nitrogen and oxygen atoms in total. The summed E-state index contributed by atoms with van der Waals surface area (Å²) in [5.74, 6) is 0.430. The van der Waals surface area contributed by atoms with Crippen molar-refractivity contribution in [2.75, 3.05) is 12.9 Å². The fourth-order valence-corrected chi connectivity index (χ4v) is 2.17. The molecule has 96 valence electrons. The van der Waals surface area contributed by atoms with Crippen molar-refractivity contribution < 1.29 is 14.3 Å². The van der Waals surface area contributed by atoms with Crippen LogP contribution in [0.15, 0.2) is 4.42 Å². The third-order valence-electron chi connectivity index (χ3n) is 2.51. The van der Waals surface area contributed by atoms with Crippen LogP contribution in [0.3, 0.4) is 0 Å². The maximum absolute atomic E-state index is 11.9. The van der Waals surface area contributed by atoms with Gasteiger partial charge < -0.3 is 14.8 Å². The van der Waals surface area contributed by atoms with Crippen LogP contribution in [0.2, 0.25) is 0 Å². The summed E-state index contributed by atoms with van der Waals surface area (Å²) in [7, 11) is 0. The first kappa shape index (κ1) is 14.1. The zero-order valence-corrected chi connectivity index (χ0v) is 11.3. The van der Waals surface area contributed by atoms with Crippen LogP contribution in [0, 0.1) is 13.8 Å². The number of nitrogens with one attached hydrogen (secondary N) is 1. The first-order valence-corrected chi connectivity index (χ1v) is 6.67. The van der Waals surface area contributed by atoms with Crippen LogP contribution in [0.1, 0.15) is 29.1 Å². The number of carbonyl (C=O) groups is 1. The molecule has 2 atom stereocenters. The lowest BCUT2D eigenvalue weighted by Gasteiger charge is -2.20. The van der Waals surface area contributed by atoms with E-state index in [2.05, 4.69) is 10.3 Å².